The van der Waals surface area contributed by atoms with Gasteiger partial charge >= 0.3 is 0 Å². The zero-order valence-corrected chi connectivity index (χ0v) is 11.1. The molecule has 1 fully saturated rings. The first kappa shape index (κ1) is 13.2. The molecule has 0 aliphatic carbocycles. The maximum atomic E-state index is 9.77. The highest BCUT2D eigenvalue weighted by Crippen LogP contribution is 2.29. The summed E-state index contributed by atoms with van der Waals surface area (Å²) in [7, 11) is 1.56. The van der Waals surface area contributed by atoms with Crippen molar-refractivity contribution in [2.45, 2.75) is 25.9 Å². The standard InChI is InChI=1S/C14H22N2O2/c1-10-5-12(7-15)9-16(10)8-11-3-4-14(18-2)13(17)6-11/h3-4,6,10,12,17H,5,7-9,15H2,1-2H3. The molecule has 100 valence electrons. The minimum absolute atomic E-state index is 0.206. The zero-order chi connectivity index (χ0) is 13.1. The summed E-state index contributed by atoms with van der Waals surface area (Å²) in [6.45, 7) is 4.90. The first-order chi connectivity index (χ1) is 8.63. The van der Waals surface area contributed by atoms with Crippen LogP contribution < -0.4 is 10.5 Å². The minimum Gasteiger partial charge on any atom is -0.504 e. The molecule has 1 aliphatic heterocycles. The molecule has 18 heavy (non-hydrogen) atoms. The highest BCUT2D eigenvalue weighted by Gasteiger charge is 2.27. The molecule has 0 aromatic heterocycles. The van der Waals surface area contributed by atoms with Gasteiger partial charge in [0.1, 0.15) is 0 Å². The number of hydrogen-bond acceptors (Lipinski definition) is 4. The van der Waals surface area contributed by atoms with Crippen LogP contribution in [-0.4, -0.2) is 36.2 Å². The summed E-state index contributed by atoms with van der Waals surface area (Å²) < 4.78 is 5.05. The number of hydrogen-bond donors (Lipinski definition) is 2. The van der Waals surface area contributed by atoms with Crippen molar-refractivity contribution in [1.82, 2.24) is 4.90 Å². The Kier molecular flexibility index (Phi) is 4.09. The van der Waals surface area contributed by atoms with Crippen LogP contribution >= 0.6 is 0 Å². The average Bonchev–Trinajstić information content (AvgIpc) is 2.70. The molecule has 0 radical (unpaired) electrons. The number of likely N-dealkylation sites (tertiary alicyclic amines) is 1. The van der Waals surface area contributed by atoms with E-state index in [1.54, 1.807) is 13.2 Å². The quantitative estimate of drug-likeness (QED) is 0.851. The molecule has 1 saturated heterocycles. The fourth-order valence-electron chi connectivity index (χ4n) is 2.68. The second-order valence-electron chi connectivity index (χ2n) is 5.12. The van der Waals surface area contributed by atoms with Crippen molar-refractivity contribution in [1.29, 1.82) is 0 Å². The van der Waals surface area contributed by atoms with Gasteiger partial charge in [-0.2, -0.15) is 0 Å². The van der Waals surface area contributed by atoms with Crippen LogP contribution in [0, 0.1) is 5.92 Å². The van der Waals surface area contributed by atoms with Gasteiger partial charge in [0.2, 0.25) is 0 Å². The molecule has 1 aromatic carbocycles. The van der Waals surface area contributed by atoms with Gasteiger partial charge in [0.05, 0.1) is 7.11 Å². The van der Waals surface area contributed by atoms with E-state index in [2.05, 4.69) is 11.8 Å². The lowest BCUT2D eigenvalue weighted by Crippen LogP contribution is -2.27. The van der Waals surface area contributed by atoms with E-state index >= 15 is 0 Å². The van der Waals surface area contributed by atoms with Gasteiger partial charge in [-0.05, 0) is 43.5 Å². The lowest BCUT2D eigenvalue weighted by Gasteiger charge is -2.21. The first-order valence-corrected chi connectivity index (χ1v) is 6.44. The van der Waals surface area contributed by atoms with Crippen LogP contribution in [0.25, 0.3) is 0 Å². The SMILES string of the molecule is COc1ccc(CN2CC(CN)CC2C)cc1O. The fourth-order valence-corrected chi connectivity index (χ4v) is 2.68. The van der Waals surface area contributed by atoms with Crippen molar-refractivity contribution in [3.63, 3.8) is 0 Å². The van der Waals surface area contributed by atoms with Gasteiger partial charge in [-0.1, -0.05) is 6.07 Å². The molecule has 3 N–H and O–H groups in total. The van der Waals surface area contributed by atoms with Crippen LogP contribution in [0.5, 0.6) is 11.5 Å². The molecule has 0 spiro atoms. The van der Waals surface area contributed by atoms with Crippen molar-refractivity contribution in [3.8, 4) is 11.5 Å². The van der Waals surface area contributed by atoms with Crippen molar-refractivity contribution < 1.29 is 9.84 Å². The topological polar surface area (TPSA) is 58.7 Å². The van der Waals surface area contributed by atoms with E-state index in [-0.39, 0.29) is 5.75 Å². The number of phenolic OH excluding ortho intramolecular Hbond substituents is 1. The molecule has 2 atom stereocenters. The Hall–Kier alpha value is -1.26. The van der Waals surface area contributed by atoms with E-state index in [9.17, 15) is 5.11 Å². The highest BCUT2D eigenvalue weighted by molar-refractivity contribution is 5.41. The van der Waals surface area contributed by atoms with Gasteiger partial charge in [-0.25, -0.2) is 0 Å². The third-order valence-electron chi connectivity index (χ3n) is 3.75. The van der Waals surface area contributed by atoms with Crippen molar-refractivity contribution in [2.24, 2.45) is 11.7 Å². The summed E-state index contributed by atoms with van der Waals surface area (Å²) in [5.74, 6) is 1.33. The number of aromatic hydroxyl groups is 1. The maximum absolute atomic E-state index is 9.77. The molecular weight excluding hydrogens is 228 g/mol. The second-order valence-corrected chi connectivity index (χ2v) is 5.12. The maximum Gasteiger partial charge on any atom is 0.160 e. The normalized spacial score (nSPS) is 24.4. The summed E-state index contributed by atoms with van der Waals surface area (Å²) in [5, 5.41) is 9.77. The van der Waals surface area contributed by atoms with Crippen molar-refractivity contribution in [2.75, 3.05) is 20.2 Å². The van der Waals surface area contributed by atoms with Crippen molar-refractivity contribution >= 4 is 0 Å². The Bertz CT molecular complexity index is 409. The average molecular weight is 250 g/mol. The van der Waals surface area contributed by atoms with Crippen LogP contribution in [0.15, 0.2) is 18.2 Å². The molecular formula is C14H22N2O2. The predicted octanol–water partition coefficient (Wildman–Crippen LogP) is 1.57. The third-order valence-corrected chi connectivity index (χ3v) is 3.75. The van der Waals surface area contributed by atoms with E-state index < -0.39 is 0 Å². The summed E-state index contributed by atoms with van der Waals surface area (Å²) in [4.78, 5) is 2.42. The number of ether oxygens (including phenoxy) is 1. The summed E-state index contributed by atoms with van der Waals surface area (Å²) >= 11 is 0. The van der Waals surface area contributed by atoms with Gasteiger partial charge in [-0.3, -0.25) is 4.90 Å². The fraction of sp³-hybridized carbons (Fsp3) is 0.571. The molecule has 0 saturated carbocycles. The Balaban J connectivity index is 2.03. The molecule has 0 bridgehead atoms. The molecule has 4 heteroatoms. The number of nitrogens with zero attached hydrogens (tertiary/aromatic N) is 1. The largest absolute Gasteiger partial charge is 0.504 e. The molecule has 0 amide bonds. The summed E-state index contributed by atoms with van der Waals surface area (Å²) in [6.07, 6.45) is 1.17. The monoisotopic (exact) mass is 250 g/mol. The lowest BCUT2D eigenvalue weighted by molar-refractivity contribution is 0.255. The summed E-state index contributed by atoms with van der Waals surface area (Å²) in [5.41, 5.74) is 6.84. The molecule has 2 rings (SSSR count). The molecule has 1 heterocycles. The van der Waals surface area contributed by atoms with Gasteiger partial charge in [0.25, 0.3) is 0 Å². The molecule has 2 unspecified atom stereocenters. The Morgan fingerprint density at radius 2 is 2.28 bits per heavy atom. The third kappa shape index (κ3) is 2.76. The van der Waals surface area contributed by atoms with Crippen LogP contribution in [-0.2, 0) is 6.54 Å². The van der Waals surface area contributed by atoms with E-state index in [1.807, 2.05) is 12.1 Å². The smallest absolute Gasteiger partial charge is 0.160 e. The lowest BCUT2D eigenvalue weighted by atomic mass is 10.1. The first-order valence-electron chi connectivity index (χ1n) is 6.44. The number of rotatable bonds is 4. The predicted molar refractivity (Wildman–Crippen MR) is 71.7 cm³/mol. The van der Waals surface area contributed by atoms with Crippen LogP contribution in [0.4, 0.5) is 0 Å². The minimum atomic E-state index is 0.206. The number of benzene rings is 1. The molecule has 4 nitrogen and oxygen atoms in total. The van der Waals surface area contributed by atoms with E-state index in [4.69, 9.17) is 10.5 Å². The van der Waals surface area contributed by atoms with Crippen molar-refractivity contribution in [3.05, 3.63) is 23.8 Å². The van der Waals surface area contributed by atoms with E-state index in [1.165, 1.54) is 6.42 Å². The number of methoxy groups -OCH3 is 1. The van der Waals surface area contributed by atoms with Gasteiger partial charge < -0.3 is 15.6 Å². The van der Waals surface area contributed by atoms with E-state index in [0.717, 1.165) is 25.2 Å². The Morgan fingerprint density at radius 3 is 2.83 bits per heavy atom. The number of phenols is 1. The second kappa shape index (κ2) is 5.59. The van der Waals surface area contributed by atoms with Gasteiger partial charge in [-0.15, -0.1) is 0 Å². The van der Waals surface area contributed by atoms with Crippen LogP contribution in [0.2, 0.25) is 0 Å². The Morgan fingerprint density at radius 1 is 1.50 bits per heavy atom. The van der Waals surface area contributed by atoms with Crippen LogP contribution in [0.1, 0.15) is 18.9 Å². The number of nitrogens with two attached hydrogens (primary N) is 1. The van der Waals surface area contributed by atoms with Gasteiger partial charge in [0.15, 0.2) is 11.5 Å². The van der Waals surface area contributed by atoms with Gasteiger partial charge in [0, 0.05) is 19.1 Å². The zero-order valence-electron chi connectivity index (χ0n) is 11.1. The molecule has 1 aliphatic rings. The Labute approximate surface area is 108 Å². The molecule has 1 aromatic rings. The van der Waals surface area contributed by atoms with Crippen LogP contribution in [0.3, 0.4) is 0 Å². The highest BCUT2D eigenvalue weighted by atomic mass is 16.5. The van der Waals surface area contributed by atoms with E-state index in [0.29, 0.717) is 17.7 Å². The summed E-state index contributed by atoms with van der Waals surface area (Å²) in [6, 6.07) is 6.15.